The lowest BCUT2D eigenvalue weighted by molar-refractivity contribution is 0.0335. The Labute approximate surface area is 110 Å². The molecule has 0 amide bonds. The van der Waals surface area contributed by atoms with E-state index in [4.69, 9.17) is 4.74 Å². The predicted molar refractivity (Wildman–Crippen MR) is 73.9 cm³/mol. The molecule has 0 aliphatic carbocycles. The van der Waals surface area contributed by atoms with Gasteiger partial charge in [-0.3, -0.25) is 0 Å². The Morgan fingerprint density at radius 1 is 1.33 bits per heavy atom. The fourth-order valence-electron chi connectivity index (χ4n) is 2.05. The third kappa shape index (κ3) is 5.04. The Morgan fingerprint density at radius 3 is 2.61 bits per heavy atom. The molecular weight excluding hydrogens is 228 g/mol. The molecule has 1 atom stereocenters. The summed E-state index contributed by atoms with van der Waals surface area (Å²) in [6.45, 7) is 3.70. The summed E-state index contributed by atoms with van der Waals surface area (Å²) in [5, 5.41) is 13.4. The molecule has 4 heteroatoms. The minimum Gasteiger partial charge on any atom is -0.496 e. The summed E-state index contributed by atoms with van der Waals surface area (Å²) in [7, 11) is 5.57. The van der Waals surface area contributed by atoms with Crippen LogP contribution < -0.4 is 10.1 Å². The number of likely N-dealkylation sites (N-methyl/N-ethyl adjacent to an activating group) is 1. The lowest BCUT2D eigenvalue weighted by Gasteiger charge is -2.27. The maximum absolute atomic E-state index is 10.2. The van der Waals surface area contributed by atoms with Crippen LogP contribution in [-0.4, -0.2) is 49.9 Å². The van der Waals surface area contributed by atoms with Crippen molar-refractivity contribution in [2.45, 2.75) is 19.1 Å². The second kappa shape index (κ2) is 6.73. The summed E-state index contributed by atoms with van der Waals surface area (Å²) in [5.41, 5.74) is 0.367. The van der Waals surface area contributed by atoms with E-state index in [0.717, 1.165) is 11.3 Å². The van der Waals surface area contributed by atoms with E-state index in [-0.39, 0.29) is 0 Å². The van der Waals surface area contributed by atoms with Gasteiger partial charge in [0.2, 0.25) is 0 Å². The van der Waals surface area contributed by atoms with Crippen molar-refractivity contribution in [2.75, 3.05) is 34.3 Å². The van der Waals surface area contributed by atoms with Gasteiger partial charge in [-0.2, -0.15) is 0 Å². The van der Waals surface area contributed by atoms with E-state index < -0.39 is 5.60 Å². The average Bonchev–Trinajstić information content (AvgIpc) is 2.27. The summed E-state index contributed by atoms with van der Waals surface area (Å²) in [5.74, 6) is 0.872. The van der Waals surface area contributed by atoms with Crippen LogP contribution in [0, 0.1) is 0 Å². The van der Waals surface area contributed by atoms with Crippen LogP contribution in [0.4, 0.5) is 0 Å². The van der Waals surface area contributed by atoms with Crippen LogP contribution in [0.15, 0.2) is 24.3 Å². The highest BCUT2D eigenvalue weighted by atomic mass is 16.5. The predicted octanol–water partition coefficient (Wildman–Crippen LogP) is 1.10. The van der Waals surface area contributed by atoms with Crippen LogP contribution >= 0.6 is 0 Å². The lowest BCUT2D eigenvalue weighted by Crippen LogP contribution is -2.45. The first-order valence-electron chi connectivity index (χ1n) is 6.14. The molecule has 0 aliphatic heterocycles. The number of rotatable bonds is 7. The summed E-state index contributed by atoms with van der Waals surface area (Å²) in [6, 6.07) is 7.89. The monoisotopic (exact) mass is 252 g/mol. The molecule has 1 unspecified atom stereocenters. The third-order valence-electron chi connectivity index (χ3n) is 2.67. The molecule has 2 N–H and O–H groups in total. The number of para-hydroxylation sites is 1. The Kier molecular flexibility index (Phi) is 5.59. The van der Waals surface area contributed by atoms with Crippen molar-refractivity contribution in [1.82, 2.24) is 10.2 Å². The van der Waals surface area contributed by atoms with Crippen LogP contribution in [-0.2, 0) is 6.54 Å². The van der Waals surface area contributed by atoms with Gasteiger partial charge < -0.3 is 20.1 Å². The molecule has 0 bridgehead atoms. The highest BCUT2D eigenvalue weighted by Gasteiger charge is 2.20. The fraction of sp³-hybridized carbons (Fsp3) is 0.571. The van der Waals surface area contributed by atoms with E-state index in [1.807, 2.05) is 50.2 Å². The van der Waals surface area contributed by atoms with Crippen LogP contribution in [0.5, 0.6) is 5.75 Å². The Morgan fingerprint density at radius 2 is 2.00 bits per heavy atom. The van der Waals surface area contributed by atoms with Gasteiger partial charge in [-0.15, -0.1) is 0 Å². The average molecular weight is 252 g/mol. The quantitative estimate of drug-likeness (QED) is 0.763. The van der Waals surface area contributed by atoms with Crippen molar-refractivity contribution < 1.29 is 9.84 Å². The van der Waals surface area contributed by atoms with Gasteiger partial charge in [-0.25, -0.2) is 0 Å². The molecule has 0 radical (unpaired) electrons. The molecule has 0 saturated carbocycles. The molecule has 0 saturated heterocycles. The zero-order valence-electron chi connectivity index (χ0n) is 11.7. The first-order chi connectivity index (χ1) is 8.44. The van der Waals surface area contributed by atoms with E-state index >= 15 is 0 Å². The van der Waals surface area contributed by atoms with Crippen LogP contribution in [0.2, 0.25) is 0 Å². The van der Waals surface area contributed by atoms with Crippen molar-refractivity contribution in [3.05, 3.63) is 29.8 Å². The second-order valence-corrected chi connectivity index (χ2v) is 5.15. The molecule has 1 rings (SSSR count). The van der Waals surface area contributed by atoms with Crippen molar-refractivity contribution in [3.8, 4) is 5.75 Å². The first-order valence-corrected chi connectivity index (χ1v) is 6.14. The SMILES string of the molecule is COc1ccccc1CNCC(C)(O)CN(C)C. The largest absolute Gasteiger partial charge is 0.496 e. The minimum atomic E-state index is -0.731. The smallest absolute Gasteiger partial charge is 0.123 e. The molecule has 0 aliphatic rings. The summed E-state index contributed by atoms with van der Waals surface area (Å²) >= 11 is 0. The van der Waals surface area contributed by atoms with Crippen molar-refractivity contribution in [2.24, 2.45) is 0 Å². The summed E-state index contributed by atoms with van der Waals surface area (Å²) < 4.78 is 5.28. The number of aliphatic hydroxyl groups is 1. The molecule has 18 heavy (non-hydrogen) atoms. The van der Waals surface area contributed by atoms with Crippen molar-refractivity contribution in [3.63, 3.8) is 0 Å². The Balaban J connectivity index is 2.46. The minimum absolute atomic E-state index is 0.545. The second-order valence-electron chi connectivity index (χ2n) is 5.15. The zero-order valence-corrected chi connectivity index (χ0v) is 11.7. The van der Waals surface area contributed by atoms with Crippen LogP contribution in [0.3, 0.4) is 0 Å². The maximum atomic E-state index is 10.2. The zero-order chi connectivity index (χ0) is 13.6. The number of methoxy groups -OCH3 is 1. The number of hydrogen-bond donors (Lipinski definition) is 2. The van der Waals surface area contributed by atoms with Gasteiger partial charge in [0.25, 0.3) is 0 Å². The topological polar surface area (TPSA) is 44.7 Å². The number of nitrogens with zero attached hydrogens (tertiary/aromatic N) is 1. The van der Waals surface area contributed by atoms with E-state index in [9.17, 15) is 5.11 Å². The van der Waals surface area contributed by atoms with Gasteiger partial charge in [0.1, 0.15) is 5.75 Å². The highest BCUT2D eigenvalue weighted by Crippen LogP contribution is 2.16. The molecular formula is C14H24N2O2. The number of nitrogens with one attached hydrogen (secondary N) is 1. The molecule has 0 fully saturated rings. The van der Waals surface area contributed by atoms with E-state index in [2.05, 4.69) is 5.32 Å². The lowest BCUT2D eigenvalue weighted by atomic mass is 10.1. The Bertz CT molecular complexity index is 365. The Hall–Kier alpha value is -1.10. The third-order valence-corrected chi connectivity index (χ3v) is 2.67. The molecule has 102 valence electrons. The molecule has 1 aromatic rings. The molecule has 0 heterocycles. The van der Waals surface area contributed by atoms with Crippen LogP contribution in [0.1, 0.15) is 12.5 Å². The van der Waals surface area contributed by atoms with Crippen molar-refractivity contribution >= 4 is 0 Å². The maximum Gasteiger partial charge on any atom is 0.123 e. The highest BCUT2D eigenvalue weighted by molar-refractivity contribution is 5.32. The fourth-order valence-corrected chi connectivity index (χ4v) is 2.05. The van der Waals surface area contributed by atoms with Crippen molar-refractivity contribution in [1.29, 1.82) is 0 Å². The molecule has 0 spiro atoms. The summed E-state index contributed by atoms with van der Waals surface area (Å²) in [6.07, 6.45) is 0. The number of benzene rings is 1. The van der Waals surface area contributed by atoms with Gasteiger partial charge >= 0.3 is 0 Å². The van der Waals surface area contributed by atoms with Gasteiger partial charge in [-0.1, -0.05) is 18.2 Å². The first kappa shape index (κ1) is 15.0. The summed E-state index contributed by atoms with van der Waals surface area (Å²) in [4.78, 5) is 1.98. The van der Waals surface area contributed by atoms with E-state index in [1.165, 1.54) is 0 Å². The van der Waals surface area contributed by atoms with Gasteiger partial charge in [0.15, 0.2) is 0 Å². The van der Waals surface area contributed by atoms with Gasteiger partial charge in [-0.05, 0) is 27.1 Å². The number of hydrogen-bond acceptors (Lipinski definition) is 4. The molecule has 0 aromatic heterocycles. The van der Waals surface area contributed by atoms with E-state index in [0.29, 0.717) is 19.6 Å². The van der Waals surface area contributed by atoms with E-state index in [1.54, 1.807) is 7.11 Å². The van der Waals surface area contributed by atoms with Gasteiger partial charge in [0, 0.05) is 25.2 Å². The normalized spacial score (nSPS) is 14.6. The molecule has 4 nitrogen and oxygen atoms in total. The number of ether oxygens (including phenoxy) is 1. The standard InChI is InChI=1S/C14H24N2O2/c1-14(17,11-16(2)3)10-15-9-12-7-5-6-8-13(12)18-4/h5-8,15,17H,9-11H2,1-4H3. The molecule has 1 aromatic carbocycles. The van der Waals surface area contributed by atoms with Gasteiger partial charge in [0.05, 0.1) is 12.7 Å². The van der Waals surface area contributed by atoms with Crippen LogP contribution in [0.25, 0.3) is 0 Å².